The van der Waals surface area contributed by atoms with Gasteiger partial charge in [-0.1, -0.05) is 0 Å². The van der Waals surface area contributed by atoms with Crippen LogP contribution in [0.3, 0.4) is 0 Å². The topological polar surface area (TPSA) is 46.8 Å². The molecule has 1 aliphatic heterocycles. The maximum Gasteiger partial charge on any atom is 0.133 e. The average Bonchev–Trinajstić information content (AvgIpc) is 3.04. The maximum atomic E-state index is 4.94. The van der Waals surface area contributed by atoms with Crippen molar-refractivity contribution >= 4 is 0 Å². The molecule has 5 nitrogen and oxygen atoms in total. The third kappa shape index (κ3) is 3.51. The third-order valence-electron chi connectivity index (χ3n) is 4.84. The predicted molar refractivity (Wildman–Crippen MR) is 97.1 cm³/mol. The third-order valence-corrected chi connectivity index (χ3v) is 4.84. The van der Waals surface area contributed by atoms with E-state index in [1.54, 1.807) is 0 Å². The zero-order valence-corrected chi connectivity index (χ0v) is 15.5. The van der Waals surface area contributed by atoms with Crippen LogP contribution in [0.15, 0.2) is 18.3 Å². The molecule has 0 amide bonds. The van der Waals surface area contributed by atoms with Crippen LogP contribution in [-0.4, -0.2) is 43.8 Å². The highest BCUT2D eigenvalue weighted by molar-refractivity contribution is 5.54. The molecule has 1 unspecified atom stereocenters. The second kappa shape index (κ2) is 7.01. The largest absolute Gasteiger partial charge is 0.300 e. The minimum Gasteiger partial charge on any atom is -0.300 e. The van der Waals surface area contributed by atoms with Gasteiger partial charge in [-0.2, -0.15) is 5.10 Å². The molecule has 0 aromatic carbocycles. The molecule has 3 heterocycles. The number of nitrogens with zero attached hydrogens (tertiary/aromatic N) is 5. The molecule has 5 heteroatoms. The Bertz CT molecular complexity index is 689. The van der Waals surface area contributed by atoms with Gasteiger partial charge >= 0.3 is 0 Å². The molecule has 24 heavy (non-hydrogen) atoms. The molecule has 2 aromatic rings. The minimum absolute atomic E-state index is 0.319. The van der Waals surface area contributed by atoms with Crippen LogP contribution in [0.1, 0.15) is 64.0 Å². The Balaban J connectivity index is 1.93. The lowest BCUT2D eigenvalue weighted by atomic mass is 9.96. The maximum absolute atomic E-state index is 4.94. The van der Waals surface area contributed by atoms with Crippen molar-refractivity contribution in [2.24, 2.45) is 0 Å². The number of hydrogen-bond acceptors (Lipinski definition) is 4. The molecule has 3 rings (SSSR count). The first kappa shape index (κ1) is 17.1. The van der Waals surface area contributed by atoms with Crippen molar-refractivity contribution in [3.05, 3.63) is 29.8 Å². The SMILES string of the molecule is Cc1cc(-c2ccnn2C(C)C)nc(C2CCCN(C(C)C)C2)n1. The lowest BCUT2D eigenvalue weighted by molar-refractivity contribution is 0.165. The van der Waals surface area contributed by atoms with Crippen molar-refractivity contribution in [1.29, 1.82) is 0 Å². The quantitative estimate of drug-likeness (QED) is 0.856. The van der Waals surface area contributed by atoms with Gasteiger partial charge in [0.05, 0.1) is 11.4 Å². The van der Waals surface area contributed by atoms with Gasteiger partial charge in [-0.25, -0.2) is 9.97 Å². The van der Waals surface area contributed by atoms with E-state index in [4.69, 9.17) is 9.97 Å². The average molecular weight is 327 g/mol. The van der Waals surface area contributed by atoms with E-state index in [-0.39, 0.29) is 0 Å². The Labute approximate surface area is 145 Å². The summed E-state index contributed by atoms with van der Waals surface area (Å²) >= 11 is 0. The van der Waals surface area contributed by atoms with E-state index in [1.165, 1.54) is 19.4 Å². The summed E-state index contributed by atoms with van der Waals surface area (Å²) in [6.45, 7) is 13.1. The van der Waals surface area contributed by atoms with Crippen LogP contribution in [-0.2, 0) is 0 Å². The minimum atomic E-state index is 0.319. The van der Waals surface area contributed by atoms with Crippen LogP contribution in [0, 0.1) is 6.92 Å². The number of hydrogen-bond donors (Lipinski definition) is 0. The van der Waals surface area contributed by atoms with Gasteiger partial charge in [-0.15, -0.1) is 0 Å². The Morgan fingerprint density at radius 3 is 2.62 bits per heavy atom. The summed E-state index contributed by atoms with van der Waals surface area (Å²) in [5.41, 5.74) is 3.10. The Hall–Kier alpha value is -1.75. The molecule has 0 aliphatic carbocycles. The van der Waals surface area contributed by atoms with E-state index < -0.39 is 0 Å². The Kier molecular flexibility index (Phi) is 4.99. The Morgan fingerprint density at radius 1 is 1.12 bits per heavy atom. The number of rotatable bonds is 4. The van der Waals surface area contributed by atoms with Gasteiger partial charge in [0.25, 0.3) is 0 Å². The van der Waals surface area contributed by atoms with Crippen molar-refractivity contribution in [2.45, 2.75) is 65.5 Å². The van der Waals surface area contributed by atoms with Gasteiger partial charge in [-0.3, -0.25) is 4.68 Å². The van der Waals surface area contributed by atoms with Gasteiger partial charge in [0.2, 0.25) is 0 Å². The van der Waals surface area contributed by atoms with Gasteiger partial charge in [0, 0.05) is 36.4 Å². The van der Waals surface area contributed by atoms with E-state index in [2.05, 4.69) is 50.7 Å². The van der Waals surface area contributed by atoms with E-state index in [0.29, 0.717) is 18.0 Å². The number of aromatic nitrogens is 4. The second-order valence-corrected chi connectivity index (χ2v) is 7.44. The highest BCUT2D eigenvalue weighted by Crippen LogP contribution is 2.28. The van der Waals surface area contributed by atoms with Crippen LogP contribution < -0.4 is 0 Å². The fraction of sp³-hybridized carbons (Fsp3) is 0.632. The van der Waals surface area contributed by atoms with Crippen molar-refractivity contribution in [1.82, 2.24) is 24.6 Å². The number of aryl methyl sites for hydroxylation is 1. The van der Waals surface area contributed by atoms with E-state index in [0.717, 1.165) is 29.5 Å². The Morgan fingerprint density at radius 2 is 1.92 bits per heavy atom. The van der Waals surface area contributed by atoms with E-state index in [9.17, 15) is 0 Å². The standard InChI is InChI=1S/C19H29N5/c1-13(2)23-10-6-7-16(12-23)19-21-15(5)11-17(22-19)18-8-9-20-24(18)14(3)4/h8-9,11,13-14,16H,6-7,10,12H2,1-5H3. The lowest BCUT2D eigenvalue weighted by Gasteiger charge is -2.34. The highest BCUT2D eigenvalue weighted by Gasteiger charge is 2.25. The fourth-order valence-electron chi connectivity index (χ4n) is 3.52. The smallest absolute Gasteiger partial charge is 0.133 e. The summed E-state index contributed by atoms with van der Waals surface area (Å²) in [6, 6.07) is 5.02. The summed E-state index contributed by atoms with van der Waals surface area (Å²) in [4.78, 5) is 12.2. The molecule has 2 aromatic heterocycles. The monoisotopic (exact) mass is 327 g/mol. The first-order valence-corrected chi connectivity index (χ1v) is 9.09. The van der Waals surface area contributed by atoms with Crippen molar-refractivity contribution in [3.8, 4) is 11.4 Å². The number of piperidine rings is 1. The van der Waals surface area contributed by atoms with Crippen LogP contribution in [0.2, 0.25) is 0 Å². The van der Waals surface area contributed by atoms with Gasteiger partial charge in [0.15, 0.2) is 0 Å². The molecule has 1 fully saturated rings. The molecule has 1 aliphatic rings. The molecular weight excluding hydrogens is 298 g/mol. The number of likely N-dealkylation sites (tertiary alicyclic amines) is 1. The van der Waals surface area contributed by atoms with Gasteiger partial charge in [-0.05, 0) is 66.1 Å². The molecule has 0 N–H and O–H groups in total. The molecular formula is C19H29N5. The summed E-state index contributed by atoms with van der Waals surface area (Å²) in [5, 5.41) is 4.45. The molecule has 130 valence electrons. The fourth-order valence-corrected chi connectivity index (χ4v) is 3.52. The van der Waals surface area contributed by atoms with Crippen LogP contribution in [0.5, 0.6) is 0 Å². The van der Waals surface area contributed by atoms with Crippen molar-refractivity contribution < 1.29 is 0 Å². The molecule has 0 bridgehead atoms. The van der Waals surface area contributed by atoms with Crippen LogP contribution in [0.4, 0.5) is 0 Å². The first-order valence-electron chi connectivity index (χ1n) is 9.09. The molecule has 0 spiro atoms. The summed E-state index contributed by atoms with van der Waals surface area (Å²) in [6.07, 6.45) is 4.25. The van der Waals surface area contributed by atoms with E-state index >= 15 is 0 Å². The van der Waals surface area contributed by atoms with Crippen molar-refractivity contribution in [2.75, 3.05) is 13.1 Å². The second-order valence-electron chi connectivity index (χ2n) is 7.44. The predicted octanol–water partition coefficient (Wildman–Crippen LogP) is 3.82. The molecule has 0 radical (unpaired) electrons. The van der Waals surface area contributed by atoms with Crippen molar-refractivity contribution in [3.63, 3.8) is 0 Å². The molecule has 1 atom stereocenters. The lowest BCUT2D eigenvalue weighted by Crippen LogP contribution is -2.39. The summed E-state index contributed by atoms with van der Waals surface area (Å²) in [5.74, 6) is 1.42. The zero-order chi connectivity index (χ0) is 17.3. The van der Waals surface area contributed by atoms with E-state index in [1.807, 2.05) is 16.9 Å². The van der Waals surface area contributed by atoms with Gasteiger partial charge in [0.1, 0.15) is 5.82 Å². The normalized spacial score (nSPS) is 19.4. The summed E-state index contributed by atoms with van der Waals surface area (Å²) < 4.78 is 2.03. The zero-order valence-electron chi connectivity index (χ0n) is 15.5. The molecule has 0 saturated carbocycles. The molecule has 1 saturated heterocycles. The summed E-state index contributed by atoms with van der Waals surface area (Å²) in [7, 11) is 0. The first-order chi connectivity index (χ1) is 11.5. The van der Waals surface area contributed by atoms with Crippen LogP contribution >= 0.6 is 0 Å². The highest BCUT2D eigenvalue weighted by atomic mass is 15.3. The van der Waals surface area contributed by atoms with Gasteiger partial charge < -0.3 is 4.90 Å². The van der Waals surface area contributed by atoms with Crippen LogP contribution in [0.25, 0.3) is 11.4 Å².